The van der Waals surface area contributed by atoms with Gasteiger partial charge in [0.2, 0.25) is 0 Å². The summed E-state index contributed by atoms with van der Waals surface area (Å²) < 4.78 is 0. The minimum atomic E-state index is -0.946. The van der Waals surface area contributed by atoms with Crippen molar-refractivity contribution < 1.29 is 14.8 Å². The van der Waals surface area contributed by atoms with Crippen molar-refractivity contribution in [3.05, 3.63) is 40.6 Å². The van der Waals surface area contributed by atoms with E-state index in [9.17, 15) is 14.9 Å². The summed E-state index contributed by atoms with van der Waals surface area (Å²) in [6.45, 7) is 0.185. The minimum absolute atomic E-state index is 0.0930. The number of nitro groups is 1. The Balaban J connectivity index is 2.54. The van der Waals surface area contributed by atoms with Crippen LogP contribution in [-0.2, 0) is 4.79 Å². The third-order valence-electron chi connectivity index (χ3n) is 2.97. The van der Waals surface area contributed by atoms with Crippen LogP contribution < -0.4 is 4.90 Å². The fourth-order valence-electron chi connectivity index (χ4n) is 2.03. The number of rotatable bonds is 5. The molecule has 104 valence electrons. The Morgan fingerprint density at radius 1 is 1.45 bits per heavy atom. The maximum Gasteiger partial charge on any atom is 0.311 e. The number of para-hydroxylation sites is 1. The van der Waals surface area contributed by atoms with E-state index in [2.05, 4.69) is 4.98 Å². The fraction of sp³-hybridized carbons (Fsp3) is 0.231. The zero-order valence-corrected chi connectivity index (χ0v) is 10.8. The molecule has 0 bridgehead atoms. The molecule has 0 spiro atoms. The highest BCUT2D eigenvalue weighted by atomic mass is 16.6. The van der Waals surface area contributed by atoms with Gasteiger partial charge in [-0.25, -0.2) is 4.98 Å². The van der Waals surface area contributed by atoms with Crippen LogP contribution in [0, 0.1) is 10.1 Å². The fourth-order valence-corrected chi connectivity index (χ4v) is 2.03. The summed E-state index contributed by atoms with van der Waals surface area (Å²) in [6.07, 6.45) is 1.11. The highest BCUT2D eigenvalue weighted by molar-refractivity contribution is 5.96. The molecular formula is C13H13N3O4. The second kappa shape index (κ2) is 5.52. The van der Waals surface area contributed by atoms with Crippen LogP contribution in [0.1, 0.15) is 6.42 Å². The topological polar surface area (TPSA) is 96.6 Å². The van der Waals surface area contributed by atoms with Crippen molar-refractivity contribution in [3.63, 3.8) is 0 Å². The molecule has 7 heteroatoms. The van der Waals surface area contributed by atoms with Gasteiger partial charge in [-0.05, 0) is 6.07 Å². The highest BCUT2D eigenvalue weighted by Crippen LogP contribution is 2.33. The third kappa shape index (κ3) is 2.66. The van der Waals surface area contributed by atoms with E-state index in [-0.39, 0.29) is 18.7 Å². The summed E-state index contributed by atoms with van der Waals surface area (Å²) in [5.74, 6) is -0.946. The van der Waals surface area contributed by atoms with E-state index < -0.39 is 10.9 Å². The normalized spacial score (nSPS) is 10.4. The van der Waals surface area contributed by atoms with Crippen LogP contribution in [0.5, 0.6) is 0 Å². The van der Waals surface area contributed by atoms with Crippen LogP contribution in [0.2, 0.25) is 0 Å². The van der Waals surface area contributed by atoms with Crippen molar-refractivity contribution in [1.82, 2.24) is 4.98 Å². The lowest BCUT2D eigenvalue weighted by Crippen LogP contribution is -2.22. The smallest absolute Gasteiger partial charge is 0.311 e. The Labute approximate surface area is 114 Å². The van der Waals surface area contributed by atoms with E-state index in [4.69, 9.17) is 5.11 Å². The quantitative estimate of drug-likeness (QED) is 0.662. The van der Waals surface area contributed by atoms with E-state index in [0.717, 1.165) is 0 Å². The molecule has 0 aliphatic carbocycles. The number of pyridine rings is 1. The van der Waals surface area contributed by atoms with Crippen LogP contribution in [-0.4, -0.2) is 34.6 Å². The molecule has 0 saturated heterocycles. The Kier molecular flexibility index (Phi) is 3.79. The van der Waals surface area contributed by atoms with E-state index in [0.29, 0.717) is 16.6 Å². The first-order chi connectivity index (χ1) is 9.50. The first kappa shape index (κ1) is 13.7. The number of carboxylic acids is 1. The standard InChI is InChI=1S/C13H13N3O4/c1-15(7-6-12(17)18)13-9-4-2-3-5-10(9)14-8-11(13)16(19)20/h2-5,8H,6-7H2,1H3,(H,17,18). The monoisotopic (exact) mass is 275 g/mol. The van der Waals surface area contributed by atoms with Crippen molar-refractivity contribution in [2.24, 2.45) is 0 Å². The number of carbonyl (C=O) groups is 1. The van der Waals surface area contributed by atoms with Gasteiger partial charge in [0.1, 0.15) is 11.9 Å². The first-order valence-corrected chi connectivity index (χ1v) is 5.95. The molecule has 0 fully saturated rings. The summed E-state index contributed by atoms with van der Waals surface area (Å²) in [6, 6.07) is 7.06. The molecule has 1 aromatic carbocycles. The van der Waals surface area contributed by atoms with Crippen LogP contribution in [0.15, 0.2) is 30.5 Å². The summed E-state index contributed by atoms with van der Waals surface area (Å²) in [7, 11) is 1.64. The zero-order valence-electron chi connectivity index (χ0n) is 10.8. The van der Waals surface area contributed by atoms with Crippen LogP contribution in [0.4, 0.5) is 11.4 Å². The molecule has 1 heterocycles. The molecule has 2 rings (SSSR count). The summed E-state index contributed by atoms with van der Waals surface area (Å²) >= 11 is 0. The highest BCUT2D eigenvalue weighted by Gasteiger charge is 2.21. The molecule has 0 aliphatic heterocycles. The van der Waals surface area contributed by atoms with Gasteiger partial charge in [-0.1, -0.05) is 18.2 Å². The van der Waals surface area contributed by atoms with Crippen molar-refractivity contribution in [2.75, 3.05) is 18.5 Å². The summed E-state index contributed by atoms with van der Waals surface area (Å²) in [5.41, 5.74) is 0.897. The number of hydrogen-bond acceptors (Lipinski definition) is 5. The number of aliphatic carboxylic acids is 1. The number of anilines is 1. The number of carboxylic acid groups (broad SMARTS) is 1. The average Bonchev–Trinajstić information content (AvgIpc) is 2.43. The molecule has 7 nitrogen and oxygen atoms in total. The van der Waals surface area contributed by atoms with Crippen molar-refractivity contribution in [3.8, 4) is 0 Å². The lowest BCUT2D eigenvalue weighted by molar-refractivity contribution is -0.384. The van der Waals surface area contributed by atoms with E-state index in [1.165, 1.54) is 6.20 Å². The average molecular weight is 275 g/mol. The van der Waals surface area contributed by atoms with E-state index in [1.54, 1.807) is 36.2 Å². The lowest BCUT2D eigenvalue weighted by atomic mass is 10.1. The maximum atomic E-state index is 11.1. The lowest BCUT2D eigenvalue weighted by Gasteiger charge is -2.19. The van der Waals surface area contributed by atoms with Crippen LogP contribution in [0.25, 0.3) is 10.9 Å². The Hall–Kier alpha value is -2.70. The van der Waals surface area contributed by atoms with Crippen molar-refractivity contribution >= 4 is 28.2 Å². The molecule has 1 N–H and O–H groups in total. The first-order valence-electron chi connectivity index (χ1n) is 5.95. The molecule has 0 radical (unpaired) electrons. The van der Waals surface area contributed by atoms with Crippen molar-refractivity contribution in [2.45, 2.75) is 6.42 Å². The SMILES string of the molecule is CN(CCC(=O)O)c1c([N+](=O)[O-])cnc2ccccc12. The molecule has 1 aromatic heterocycles. The molecule has 0 aliphatic rings. The number of fused-ring (bicyclic) bond motifs is 1. The van der Waals surface area contributed by atoms with Crippen LogP contribution >= 0.6 is 0 Å². The maximum absolute atomic E-state index is 11.1. The van der Waals surface area contributed by atoms with Gasteiger partial charge in [-0.15, -0.1) is 0 Å². The van der Waals surface area contributed by atoms with E-state index in [1.807, 2.05) is 0 Å². The Morgan fingerprint density at radius 3 is 2.80 bits per heavy atom. The number of hydrogen-bond donors (Lipinski definition) is 1. The second-order valence-electron chi connectivity index (χ2n) is 4.33. The van der Waals surface area contributed by atoms with Crippen molar-refractivity contribution in [1.29, 1.82) is 0 Å². The predicted octanol–water partition coefficient (Wildman–Crippen LogP) is 2.05. The van der Waals surface area contributed by atoms with Gasteiger partial charge in [-0.2, -0.15) is 0 Å². The van der Waals surface area contributed by atoms with Gasteiger partial charge in [0.05, 0.1) is 16.9 Å². The van der Waals surface area contributed by atoms with Gasteiger partial charge < -0.3 is 10.0 Å². The number of nitrogens with zero attached hydrogens (tertiary/aromatic N) is 3. The Morgan fingerprint density at radius 2 is 2.15 bits per heavy atom. The summed E-state index contributed by atoms with van der Waals surface area (Å²) in [5, 5.41) is 20.5. The molecule has 0 unspecified atom stereocenters. The number of aromatic nitrogens is 1. The number of benzene rings is 1. The zero-order chi connectivity index (χ0) is 14.7. The van der Waals surface area contributed by atoms with Gasteiger partial charge in [0, 0.05) is 19.0 Å². The third-order valence-corrected chi connectivity index (χ3v) is 2.97. The van der Waals surface area contributed by atoms with Gasteiger partial charge in [0.15, 0.2) is 0 Å². The Bertz CT molecular complexity index is 672. The summed E-state index contributed by atoms with van der Waals surface area (Å²) in [4.78, 5) is 26.9. The molecule has 0 atom stereocenters. The molecule has 0 amide bonds. The van der Waals surface area contributed by atoms with Crippen LogP contribution in [0.3, 0.4) is 0 Å². The van der Waals surface area contributed by atoms with E-state index >= 15 is 0 Å². The van der Waals surface area contributed by atoms with Gasteiger partial charge in [0.25, 0.3) is 0 Å². The second-order valence-corrected chi connectivity index (χ2v) is 4.33. The largest absolute Gasteiger partial charge is 0.481 e. The molecule has 0 saturated carbocycles. The van der Waals surface area contributed by atoms with Gasteiger partial charge in [-0.3, -0.25) is 14.9 Å². The molecule has 2 aromatic rings. The minimum Gasteiger partial charge on any atom is -0.481 e. The van der Waals surface area contributed by atoms with Gasteiger partial charge >= 0.3 is 11.7 Å². The molecule has 20 heavy (non-hydrogen) atoms. The molecular weight excluding hydrogens is 262 g/mol. The predicted molar refractivity (Wildman–Crippen MR) is 73.9 cm³/mol.